The van der Waals surface area contributed by atoms with Crippen molar-refractivity contribution in [2.45, 2.75) is 50.8 Å². The summed E-state index contributed by atoms with van der Waals surface area (Å²) < 4.78 is 6.01. The van der Waals surface area contributed by atoms with Crippen LogP contribution in [0, 0.1) is 0 Å². The third-order valence-corrected chi connectivity index (χ3v) is 4.80. The van der Waals surface area contributed by atoms with Crippen molar-refractivity contribution in [2.24, 2.45) is 5.73 Å². The van der Waals surface area contributed by atoms with Gasteiger partial charge in [-0.1, -0.05) is 36.4 Å². The van der Waals surface area contributed by atoms with Gasteiger partial charge < -0.3 is 21.1 Å². The summed E-state index contributed by atoms with van der Waals surface area (Å²) in [5.74, 6) is 0.246. The molecule has 1 aliphatic carbocycles. The van der Waals surface area contributed by atoms with Crippen LogP contribution in [0.1, 0.15) is 36.8 Å². The molecule has 28 heavy (non-hydrogen) atoms. The van der Waals surface area contributed by atoms with E-state index < -0.39 is 12.1 Å². The molecule has 0 spiro atoms. The van der Waals surface area contributed by atoms with E-state index in [9.17, 15) is 9.59 Å². The van der Waals surface area contributed by atoms with Gasteiger partial charge in [0.1, 0.15) is 12.1 Å². The van der Waals surface area contributed by atoms with Gasteiger partial charge in [-0.2, -0.15) is 0 Å². The van der Waals surface area contributed by atoms with Crippen LogP contribution in [0.3, 0.4) is 0 Å². The Bertz CT molecular complexity index is 791. The van der Waals surface area contributed by atoms with E-state index in [0.29, 0.717) is 12.3 Å². The van der Waals surface area contributed by atoms with E-state index >= 15 is 0 Å². The Labute approximate surface area is 164 Å². The van der Waals surface area contributed by atoms with Gasteiger partial charge in [-0.25, -0.2) is 9.78 Å². The fourth-order valence-corrected chi connectivity index (χ4v) is 3.37. The molecule has 1 atom stereocenters. The van der Waals surface area contributed by atoms with Gasteiger partial charge in [-0.3, -0.25) is 4.79 Å². The topological polar surface area (TPSA) is 106 Å². The van der Waals surface area contributed by atoms with Crippen LogP contribution in [0.25, 0.3) is 0 Å². The molecule has 0 saturated heterocycles. The highest BCUT2D eigenvalue weighted by molar-refractivity contribution is 5.86. The summed E-state index contributed by atoms with van der Waals surface area (Å²) >= 11 is 0. The minimum Gasteiger partial charge on any atom is -0.474 e. The Hall–Kier alpha value is -3.09. The molecule has 2 aromatic rings. The maximum absolute atomic E-state index is 12.7. The van der Waals surface area contributed by atoms with Crippen LogP contribution in [0.4, 0.5) is 4.79 Å². The second-order valence-corrected chi connectivity index (χ2v) is 6.96. The van der Waals surface area contributed by atoms with Crippen LogP contribution in [0.15, 0.2) is 48.7 Å². The van der Waals surface area contributed by atoms with Crippen molar-refractivity contribution in [2.75, 3.05) is 0 Å². The lowest BCUT2D eigenvalue weighted by molar-refractivity contribution is -0.123. The van der Waals surface area contributed by atoms with E-state index in [1.54, 1.807) is 6.20 Å². The highest BCUT2D eigenvalue weighted by atomic mass is 16.5. The largest absolute Gasteiger partial charge is 0.474 e. The molecule has 3 amide bonds. The van der Waals surface area contributed by atoms with Crippen LogP contribution < -0.4 is 21.1 Å². The number of pyridine rings is 1. The number of urea groups is 1. The number of hydrogen-bond acceptors (Lipinski definition) is 4. The quantitative estimate of drug-likeness (QED) is 0.651. The van der Waals surface area contributed by atoms with E-state index in [0.717, 1.165) is 24.0 Å². The number of primary amides is 1. The molecule has 1 unspecified atom stereocenters. The monoisotopic (exact) mass is 382 g/mol. The van der Waals surface area contributed by atoms with Crippen molar-refractivity contribution in [3.63, 3.8) is 0 Å². The minimum atomic E-state index is -0.754. The van der Waals surface area contributed by atoms with Gasteiger partial charge >= 0.3 is 6.03 Å². The normalized spacial score (nSPS) is 15.0. The van der Waals surface area contributed by atoms with Gasteiger partial charge in [0, 0.05) is 24.7 Å². The third-order valence-electron chi connectivity index (χ3n) is 4.80. The molecule has 1 aromatic carbocycles. The van der Waals surface area contributed by atoms with E-state index in [4.69, 9.17) is 10.5 Å². The van der Waals surface area contributed by atoms with Gasteiger partial charge in [0.25, 0.3) is 0 Å². The molecule has 1 heterocycles. The van der Waals surface area contributed by atoms with Gasteiger partial charge in [0.15, 0.2) is 0 Å². The van der Waals surface area contributed by atoms with E-state index in [-0.39, 0.29) is 18.6 Å². The second kappa shape index (κ2) is 9.73. The Balaban J connectivity index is 1.63. The number of nitrogens with two attached hydrogens (primary N) is 1. The summed E-state index contributed by atoms with van der Waals surface area (Å²) in [6, 6.07) is 11.7. The Morgan fingerprint density at radius 2 is 1.89 bits per heavy atom. The Morgan fingerprint density at radius 1 is 1.14 bits per heavy atom. The average molecular weight is 382 g/mol. The first-order chi connectivity index (χ1) is 13.6. The van der Waals surface area contributed by atoms with Crippen LogP contribution in [-0.2, 0) is 17.8 Å². The zero-order chi connectivity index (χ0) is 19.8. The molecule has 0 aliphatic heterocycles. The van der Waals surface area contributed by atoms with Crippen molar-refractivity contribution >= 4 is 11.9 Å². The number of rotatable bonds is 8. The van der Waals surface area contributed by atoms with Crippen LogP contribution >= 0.6 is 0 Å². The molecule has 3 rings (SSSR count). The van der Waals surface area contributed by atoms with Crippen LogP contribution in [-0.4, -0.2) is 29.1 Å². The molecule has 1 saturated carbocycles. The lowest BCUT2D eigenvalue weighted by Crippen LogP contribution is -2.49. The first-order valence-electron chi connectivity index (χ1n) is 9.60. The van der Waals surface area contributed by atoms with Crippen molar-refractivity contribution in [3.8, 4) is 5.88 Å². The standard InChI is InChI=1S/C21H26N4O3/c22-21(27)25-18(13-15-7-2-1-3-8-15)19(26)24-14-16-9-6-12-23-20(16)28-17-10-4-5-11-17/h1-3,6-9,12,17-18H,4-5,10-11,13-14H2,(H,24,26)(H3,22,25,27). The van der Waals surface area contributed by atoms with Crippen LogP contribution in [0.5, 0.6) is 5.88 Å². The molecule has 1 aromatic heterocycles. The van der Waals surface area contributed by atoms with E-state index in [1.807, 2.05) is 42.5 Å². The maximum atomic E-state index is 12.7. The fourth-order valence-electron chi connectivity index (χ4n) is 3.37. The highest BCUT2D eigenvalue weighted by Gasteiger charge is 2.22. The molecule has 0 radical (unpaired) electrons. The first kappa shape index (κ1) is 19.7. The Kier molecular flexibility index (Phi) is 6.84. The summed E-state index contributed by atoms with van der Waals surface area (Å²) in [7, 11) is 0. The van der Waals surface area contributed by atoms with Crippen molar-refractivity contribution in [1.82, 2.24) is 15.6 Å². The molecular formula is C21H26N4O3. The molecule has 1 aliphatic rings. The number of carbonyl (C=O) groups excluding carboxylic acids is 2. The van der Waals surface area contributed by atoms with Gasteiger partial charge in [0.05, 0.1) is 0 Å². The Morgan fingerprint density at radius 3 is 2.61 bits per heavy atom. The summed E-state index contributed by atoms with van der Waals surface area (Å²) in [5, 5.41) is 5.38. The summed E-state index contributed by atoms with van der Waals surface area (Å²) in [6.45, 7) is 0.264. The van der Waals surface area contributed by atoms with Gasteiger partial charge in [-0.05, 0) is 37.3 Å². The molecule has 7 heteroatoms. The highest BCUT2D eigenvalue weighted by Crippen LogP contribution is 2.24. The smallest absolute Gasteiger partial charge is 0.312 e. The molecule has 0 bridgehead atoms. The number of amides is 3. The average Bonchev–Trinajstić information content (AvgIpc) is 3.20. The zero-order valence-electron chi connectivity index (χ0n) is 15.8. The fraction of sp³-hybridized carbons (Fsp3) is 0.381. The molecular weight excluding hydrogens is 356 g/mol. The predicted octanol–water partition coefficient (Wildman–Crippen LogP) is 2.30. The van der Waals surface area contributed by atoms with Crippen molar-refractivity contribution in [3.05, 3.63) is 59.8 Å². The van der Waals surface area contributed by atoms with Gasteiger partial charge in [0.2, 0.25) is 11.8 Å². The van der Waals surface area contributed by atoms with E-state index in [2.05, 4.69) is 15.6 Å². The number of hydrogen-bond donors (Lipinski definition) is 3. The minimum absolute atomic E-state index is 0.187. The predicted molar refractivity (Wildman–Crippen MR) is 106 cm³/mol. The number of benzene rings is 1. The number of nitrogens with one attached hydrogen (secondary N) is 2. The van der Waals surface area contributed by atoms with E-state index in [1.165, 1.54) is 12.8 Å². The molecule has 7 nitrogen and oxygen atoms in total. The summed E-state index contributed by atoms with van der Waals surface area (Å²) in [5.41, 5.74) is 6.99. The summed E-state index contributed by atoms with van der Waals surface area (Å²) in [4.78, 5) is 28.3. The molecule has 148 valence electrons. The van der Waals surface area contributed by atoms with Crippen LogP contribution in [0.2, 0.25) is 0 Å². The zero-order valence-corrected chi connectivity index (χ0v) is 15.8. The van der Waals surface area contributed by atoms with Crippen molar-refractivity contribution in [1.29, 1.82) is 0 Å². The lowest BCUT2D eigenvalue weighted by Gasteiger charge is -2.19. The number of ether oxygens (including phenoxy) is 1. The number of carbonyl (C=O) groups is 2. The first-order valence-corrected chi connectivity index (χ1v) is 9.60. The van der Waals surface area contributed by atoms with Gasteiger partial charge in [-0.15, -0.1) is 0 Å². The lowest BCUT2D eigenvalue weighted by atomic mass is 10.1. The molecule has 4 N–H and O–H groups in total. The SMILES string of the molecule is NC(=O)NC(Cc1ccccc1)C(=O)NCc1cccnc1OC1CCCC1. The molecule has 1 fully saturated rings. The third kappa shape index (κ3) is 5.70. The number of aromatic nitrogens is 1. The van der Waals surface area contributed by atoms with Crippen molar-refractivity contribution < 1.29 is 14.3 Å². The summed E-state index contributed by atoms with van der Waals surface area (Å²) in [6.07, 6.45) is 6.63. The second-order valence-electron chi connectivity index (χ2n) is 6.96. The maximum Gasteiger partial charge on any atom is 0.312 e. The number of nitrogens with zero attached hydrogens (tertiary/aromatic N) is 1.